The number of anilines is 3. The van der Waals surface area contributed by atoms with Crippen molar-refractivity contribution in [2.75, 3.05) is 16.4 Å². The van der Waals surface area contributed by atoms with Gasteiger partial charge in [-0.25, -0.2) is 0 Å². The van der Waals surface area contributed by atoms with Gasteiger partial charge in [0.2, 0.25) is 5.91 Å². The Kier molecular flexibility index (Phi) is 2.42. The van der Waals surface area contributed by atoms with E-state index in [1.165, 1.54) is 24.8 Å². The minimum Gasteiger partial charge on any atom is -0.397 e. The minimum absolute atomic E-state index is 0.0802. The largest absolute Gasteiger partial charge is 0.397 e. The van der Waals surface area contributed by atoms with Crippen LogP contribution in [0.1, 0.15) is 31.2 Å². The fourth-order valence-electron chi connectivity index (χ4n) is 2.34. The zero-order chi connectivity index (χ0) is 11.8. The quantitative estimate of drug-likeness (QED) is 0.683. The van der Waals surface area contributed by atoms with Gasteiger partial charge in [-0.3, -0.25) is 4.79 Å². The molecule has 0 saturated heterocycles. The summed E-state index contributed by atoms with van der Waals surface area (Å²) in [5.74, 6) is 0.0802. The summed E-state index contributed by atoms with van der Waals surface area (Å²) in [6, 6.07) is 4.53. The Balaban J connectivity index is 1.87. The molecule has 1 saturated carbocycles. The standard InChI is InChI=1S/C13H17N3O/c14-10-7-11-8(4-5-13(17)16-11)6-12(10)15-9-2-1-3-9/h6-7,9,15H,1-5,14H2,(H,16,17). The molecule has 3 rings (SSSR count). The average Bonchev–Trinajstić information content (AvgIpc) is 2.23. The van der Waals surface area contributed by atoms with Crippen LogP contribution in [0.3, 0.4) is 0 Å². The van der Waals surface area contributed by atoms with Crippen LogP contribution in [0.15, 0.2) is 12.1 Å². The first-order chi connectivity index (χ1) is 8.22. The third kappa shape index (κ3) is 1.95. The lowest BCUT2D eigenvalue weighted by Crippen LogP contribution is -2.28. The first kappa shape index (κ1) is 10.4. The molecule has 0 radical (unpaired) electrons. The van der Waals surface area contributed by atoms with Crippen LogP contribution in [0.25, 0.3) is 0 Å². The average molecular weight is 231 g/mol. The van der Waals surface area contributed by atoms with Crippen LogP contribution in [0.5, 0.6) is 0 Å². The molecular formula is C13H17N3O. The highest BCUT2D eigenvalue weighted by Gasteiger charge is 2.20. The number of nitrogens with two attached hydrogens (primary N) is 1. The molecule has 0 aromatic heterocycles. The van der Waals surface area contributed by atoms with Gasteiger partial charge in [-0.05, 0) is 43.4 Å². The third-order valence-corrected chi connectivity index (χ3v) is 3.64. The topological polar surface area (TPSA) is 67.1 Å². The number of rotatable bonds is 2. The van der Waals surface area contributed by atoms with Gasteiger partial charge >= 0.3 is 0 Å². The molecule has 1 aromatic rings. The number of hydrogen-bond acceptors (Lipinski definition) is 3. The predicted octanol–water partition coefficient (Wildman–Crippen LogP) is 2.12. The van der Waals surface area contributed by atoms with Gasteiger partial charge in [0.05, 0.1) is 11.4 Å². The zero-order valence-corrected chi connectivity index (χ0v) is 9.75. The van der Waals surface area contributed by atoms with E-state index in [0.29, 0.717) is 12.5 Å². The Hall–Kier alpha value is -1.71. The molecule has 1 aliphatic heterocycles. The van der Waals surface area contributed by atoms with E-state index in [1.54, 1.807) is 0 Å². The molecule has 4 N–H and O–H groups in total. The molecule has 1 amide bonds. The lowest BCUT2D eigenvalue weighted by atomic mass is 9.92. The van der Waals surface area contributed by atoms with Gasteiger partial charge < -0.3 is 16.4 Å². The maximum absolute atomic E-state index is 11.3. The Labute approximate surface area is 101 Å². The summed E-state index contributed by atoms with van der Waals surface area (Å²) in [6.45, 7) is 0. The minimum atomic E-state index is 0.0802. The molecular weight excluding hydrogens is 214 g/mol. The van der Waals surface area contributed by atoms with E-state index in [1.807, 2.05) is 6.07 Å². The number of fused-ring (bicyclic) bond motifs is 1. The molecule has 17 heavy (non-hydrogen) atoms. The Bertz CT molecular complexity index is 466. The second-order valence-electron chi connectivity index (χ2n) is 4.92. The smallest absolute Gasteiger partial charge is 0.224 e. The van der Waals surface area contributed by atoms with Crippen molar-refractivity contribution in [1.29, 1.82) is 0 Å². The van der Waals surface area contributed by atoms with Gasteiger partial charge in [0.25, 0.3) is 0 Å². The van der Waals surface area contributed by atoms with Gasteiger partial charge in [0.15, 0.2) is 0 Å². The molecule has 1 heterocycles. The molecule has 1 aromatic carbocycles. The van der Waals surface area contributed by atoms with E-state index in [0.717, 1.165) is 23.5 Å². The summed E-state index contributed by atoms with van der Waals surface area (Å²) < 4.78 is 0. The molecule has 4 nitrogen and oxygen atoms in total. The third-order valence-electron chi connectivity index (χ3n) is 3.64. The van der Waals surface area contributed by atoms with Gasteiger partial charge in [-0.15, -0.1) is 0 Å². The predicted molar refractivity (Wildman–Crippen MR) is 69.1 cm³/mol. The van der Waals surface area contributed by atoms with Crippen molar-refractivity contribution in [3.05, 3.63) is 17.7 Å². The molecule has 1 aliphatic carbocycles. The second-order valence-corrected chi connectivity index (χ2v) is 4.92. The van der Waals surface area contributed by atoms with Crippen LogP contribution in [0, 0.1) is 0 Å². The van der Waals surface area contributed by atoms with Crippen molar-refractivity contribution in [3.63, 3.8) is 0 Å². The first-order valence-corrected chi connectivity index (χ1v) is 6.21. The molecule has 2 aliphatic rings. The molecule has 1 fully saturated rings. The van der Waals surface area contributed by atoms with Crippen LogP contribution in [0.4, 0.5) is 17.1 Å². The lowest BCUT2D eigenvalue weighted by Gasteiger charge is -2.29. The Morgan fingerprint density at radius 2 is 2.12 bits per heavy atom. The molecule has 0 spiro atoms. The number of amides is 1. The number of nitrogen functional groups attached to an aromatic ring is 1. The van der Waals surface area contributed by atoms with E-state index in [9.17, 15) is 4.79 Å². The summed E-state index contributed by atoms with van der Waals surface area (Å²) in [5.41, 5.74) is 9.80. The zero-order valence-electron chi connectivity index (χ0n) is 9.75. The van der Waals surface area contributed by atoms with Crippen LogP contribution in [-0.2, 0) is 11.2 Å². The van der Waals surface area contributed by atoms with Crippen LogP contribution in [-0.4, -0.2) is 11.9 Å². The van der Waals surface area contributed by atoms with Crippen LogP contribution >= 0.6 is 0 Å². The summed E-state index contributed by atoms with van der Waals surface area (Å²) in [7, 11) is 0. The van der Waals surface area contributed by atoms with E-state index in [4.69, 9.17) is 5.73 Å². The first-order valence-electron chi connectivity index (χ1n) is 6.21. The highest BCUT2D eigenvalue weighted by molar-refractivity contribution is 5.95. The monoisotopic (exact) mass is 231 g/mol. The number of nitrogens with one attached hydrogen (secondary N) is 2. The van der Waals surface area contributed by atoms with Crippen molar-refractivity contribution in [2.24, 2.45) is 0 Å². The summed E-state index contributed by atoms with van der Waals surface area (Å²) in [5, 5.41) is 6.33. The number of carbonyl (C=O) groups excluding carboxylic acids is 1. The van der Waals surface area contributed by atoms with Gasteiger partial charge in [-0.1, -0.05) is 0 Å². The van der Waals surface area contributed by atoms with E-state index in [2.05, 4.69) is 16.7 Å². The normalized spacial score (nSPS) is 19.2. The van der Waals surface area contributed by atoms with E-state index < -0.39 is 0 Å². The van der Waals surface area contributed by atoms with Crippen molar-refractivity contribution >= 4 is 23.0 Å². The second kappa shape index (κ2) is 3.95. The Morgan fingerprint density at radius 1 is 1.29 bits per heavy atom. The van der Waals surface area contributed by atoms with Crippen molar-refractivity contribution in [3.8, 4) is 0 Å². The van der Waals surface area contributed by atoms with E-state index >= 15 is 0 Å². The van der Waals surface area contributed by atoms with Crippen LogP contribution < -0.4 is 16.4 Å². The molecule has 0 unspecified atom stereocenters. The van der Waals surface area contributed by atoms with Crippen molar-refractivity contribution < 1.29 is 4.79 Å². The van der Waals surface area contributed by atoms with Crippen molar-refractivity contribution in [1.82, 2.24) is 0 Å². The molecule has 4 heteroatoms. The summed E-state index contributed by atoms with van der Waals surface area (Å²) in [6.07, 6.45) is 5.14. The number of aryl methyl sites for hydroxylation is 1. The fraction of sp³-hybridized carbons (Fsp3) is 0.462. The fourth-order valence-corrected chi connectivity index (χ4v) is 2.34. The maximum Gasteiger partial charge on any atom is 0.224 e. The number of hydrogen-bond donors (Lipinski definition) is 3. The SMILES string of the molecule is Nc1cc2c(cc1NC1CCC1)CCC(=O)N2. The number of benzene rings is 1. The summed E-state index contributed by atoms with van der Waals surface area (Å²) in [4.78, 5) is 11.3. The van der Waals surface area contributed by atoms with E-state index in [-0.39, 0.29) is 5.91 Å². The molecule has 0 bridgehead atoms. The molecule has 0 atom stereocenters. The highest BCUT2D eigenvalue weighted by atomic mass is 16.1. The molecule has 90 valence electrons. The Morgan fingerprint density at radius 3 is 2.82 bits per heavy atom. The van der Waals surface area contributed by atoms with Crippen LogP contribution in [0.2, 0.25) is 0 Å². The van der Waals surface area contributed by atoms with Crippen molar-refractivity contribution in [2.45, 2.75) is 38.1 Å². The highest BCUT2D eigenvalue weighted by Crippen LogP contribution is 2.33. The lowest BCUT2D eigenvalue weighted by molar-refractivity contribution is -0.116. The van der Waals surface area contributed by atoms with Gasteiger partial charge in [-0.2, -0.15) is 0 Å². The number of carbonyl (C=O) groups is 1. The van der Waals surface area contributed by atoms with Gasteiger partial charge in [0.1, 0.15) is 0 Å². The van der Waals surface area contributed by atoms with Gasteiger partial charge in [0, 0.05) is 18.2 Å². The summed E-state index contributed by atoms with van der Waals surface area (Å²) >= 11 is 0. The maximum atomic E-state index is 11.3.